The van der Waals surface area contributed by atoms with Crippen LogP contribution in [0.5, 0.6) is 5.75 Å². The molecule has 2 aliphatic heterocycles. The Morgan fingerprint density at radius 2 is 1.67 bits per heavy atom. The number of amides is 1. The first-order valence-corrected chi connectivity index (χ1v) is 16.9. The maximum absolute atomic E-state index is 13.7. The average Bonchev–Trinajstić information content (AvgIpc) is 2.91. The molecule has 2 aliphatic rings. The number of hydrogen-bond donors (Lipinski definition) is 0. The van der Waals surface area contributed by atoms with Gasteiger partial charge in [-0.25, -0.2) is 8.42 Å². The molecule has 1 aromatic carbocycles. The van der Waals surface area contributed by atoms with Gasteiger partial charge in [0.15, 0.2) is 0 Å². The molecular formula is C28H48N4O5S2. The molecule has 2 saturated heterocycles. The van der Waals surface area contributed by atoms with Crippen molar-refractivity contribution >= 4 is 27.7 Å². The van der Waals surface area contributed by atoms with Crippen LogP contribution < -0.4 is 4.74 Å². The van der Waals surface area contributed by atoms with Gasteiger partial charge in [-0.05, 0) is 63.0 Å². The van der Waals surface area contributed by atoms with Crippen LogP contribution in [0.4, 0.5) is 0 Å². The van der Waals surface area contributed by atoms with E-state index < -0.39 is 10.0 Å². The van der Waals surface area contributed by atoms with E-state index in [2.05, 4.69) is 23.6 Å². The molecular weight excluding hydrogens is 536 g/mol. The first-order chi connectivity index (χ1) is 18.7. The zero-order chi connectivity index (χ0) is 28.4. The fourth-order valence-corrected chi connectivity index (χ4v) is 8.76. The molecule has 1 atom stereocenters. The number of methoxy groups -OCH3 is 1. The number of carbonyl (C=O) groups excluding carboxylic acids is 1. The highest BCUT2D eigenvalue weighted by Crippen LogP contribution is 2.31. The number of nitrogens with zero attached hydrogens (tertiary/aromatic N) is 4. The van der Waals surface area contributed by atoms with Crippen LogP contribution in [0.1, 0.15) is 37.8 Å². The van der Waals surface area contributed by atoms with Gasteiger partial charge < -0.3 is 19.3 Å². The molecule has 2 fully saturated rings. The van der Waals surface area contributed by atoms with Crippen LogP contribution in [0.3, 0.4) is 0 Å². The molecule has 0 aliphatic carbocycles. The van der Waals surface area contributed by atoms with Crippen LogP contribution in [0.25, 0.3) is 0 Å². The highest BCUT2D eigenvalue weighted by atomic mass is 32.2. The number of benzene rings is 1. The van der Waals surface area contributed by atoms with E-state index in [1.54, 1.807) is 49.2 Å². The Hall–Kier alpha value is -1.37. The van der Waals surface area contributed by atoms with Gasteiger partial charge in [0.25, 0.3) is 0 Å². The summed E-state index contributed by atoms with van der Waals surface area (Å²) in [5.74, 6) is 2.01. The van der Waals surface area contributed by atoms with Gasteiger partial charge >= 0.3 is 0 Å². The number of sulfonamides is 1. The van der Waals surface area contributed by atoms with Gasteiger partial charge in [-0.3, -0.25) is 9.69 Å². The topological polar surface area (TPSA) is 82.6 Å². The number of piperazine rings is 1. The third-order valence-corrected chi connectivity index (χ3v) is 10.8. The lowest BCUT2D eigenvalue weighted by atomic mass is 10.1. The maximum atomic E-state index is 13.7. The summed E-state index contributed by atoms with van der Waals surface area (Å²) in [6.07, 6.45) is 2.35. The Kier molecular flexibility index (Phi) is 12.8. The molecule has 222 valence electrons. The van der Waals surface area contributed by atoms with Crippen molar-refractivity contribution in [3.63, 3.8) is 0 Å². The van der Waals surface area contributed by atoms with E-state index in [-0.39, 0.29) is 25.2 Å². The van der Waals surface area contributed by atoms with E-state index >= 15 is 0 Å². The summed E-state index contributed by atoms with van der Waals surface area (Å²) in [4.78, 5) is 20.0. The lowest BCUT2D eigenvalue weighted by molar-refractivity contribution is -0.138. The van der Waals surface area contributed by atoms with Crippen LogP contribution >= 0.6 is 11.8 Å². The molecule has 1 amide bonds. The summed E-state index contributed by atoms with van der Waals surface area (Å²) in [7, 11) is -2.14. The van der Waals surface area contributed by atoms with Gasteiger partial charge in [0.2, 0.25) is 15.9 Å². The van der Waals surface area contributed by atoms with Crippen molar-refractivity contribution in [3.05, 3.63) is 23.3 Å². The number of rotatable bonds is 14. The third-order valence-electron chi connectivity index (χ3n) is 7.48. The van der Waals surface area contributed by atoms with Gasteiger partial charge in [-0.1, -0.05) is 13.8 Å². The lowest BCUT2D eigenvalue weighted by Gasteiger charge is -2.36. The zero-order valence-corrected chi connectivity index (χ0v) is 26.1. The molecule has 0 spiro atoms. The highest BCUT2D eigenvalue weighted by molar-refractivity contribution is 7.99. The predicted octanol–water partition coefficient (Wildman–Crippen LogP) is 2.70. The van der Waals surface area contributed by atoms with E-state index in [9.17, 15) is 13.2 Å². The summed E-state index contributed by atoms with van der Waals surface area (Å²) in [5.41, 5.74) is 1.34. The second-order valence-electron chi connectivity index (χ2n) is 10.5. The van der Waals surface area contributed by atoms with Gasteiger partial charge in [0.1, 0.15) is 12.4 Å². The number of hydrogen-bond acceptors (Lipinski definition) is 8. The van der Waals surface area contributed by atoms with E-state index in [0.29, 0.717) is 47.2 Å². The number of ether oxygens (including phenoxy) is 2. The second-order valence-corrected chi connectivity index (χ2v) is 13.5. The Morgan fingerprint density at radius 1 is 1.03 bits per heavy atom. The molecule has 11 heteroatoms. The van der Waals surface area contributed by atoms with Crippen molar-refractivity contribution in [2.45, 2.75) is 51.5 Å². The predicted molar refractivity (Wildman–Crippen MR) is 158 cm³/mol. The Morgan fingerprint density at radius 3 is 2.26 bits per heavy atom. The van der Waals surface area contributed by atoms with E-state index in [0.717, 1.165) is 45.0 Å². The number of aryl methyl sites for hydroxylation is 2. The van der Waals surface area contributed by atoms with E-state index in [4.69, 9.17) is 9.47 Å². The van der Waals surface area contributed by atoms with Crippen LogP contribution in [-0.4, -0.2) is 130 Å². The minimum absolute atomic E-state index is 0.0174. The molecule has 0 saturated carbocycles. The molecule has 3 rings (SSSR count). The van der Waals surface area contributed by atoms with Gasteiger partial charge in [-0.15, -0.1) is 0 Å². The SMILES string of the molecule is CCCN(CCC)CCN1CCN(C(=O)COCC2CSCCN2S(=O)(=O)c2c(C)cc(OC)cc2C)CC1. The van der Waals surface area contributed by atoms with Crippen LogP contribution in [0, 0.1) is 13.8 Å². The average molecular weight is 585 g/mol. The summed E-state index contributed by atoms with van der Waals surface area (Å²) >= 11 is 1.72. The quantitative estimate of drug-likeness (QED) is 0.330. The van der Waals surface area contributed by atoms with Gasteiger partial charge in [0.05, 0.1) is 24.7 Å². The normalized spacial score (nSPS) is 19.5. The minimum atomic E-state index is -3.71. The molecule has 0 radical (unpaired) electrons. The number of carbonyl (C=O) groups is 1. The maximum Gasteiger partial charge on any atom is 0.248 e. The molecule has 9 nitrogen and oxygen atoms in total. The number of thioether (sulfide) groups is 1. The lowest BCUT2D eigenvalue weighted by Crippen LogP contribution is -2.51. The Bertz CT molecular complexity index is 1000. The molecule has 0 aromatic heterocycles. The van der Waals surface area contributed by atoms with Gasteiger partial charge in [0, 0.05) is 57.3 Å². The van der Waals surface area contributed by atoms with Crippen molar-refractivity contribution in [2.75, 3.05) is 90.7 Å². The molecule has 0 N–H and O–H groups in total. The van der Waals surface area contributed by atoms with Crippen molar-refractivity contribution in [2.24, 2.45) is 0 Å². The summed E-state index contributed by atoms with van der Waals surface area (Å²) in [6.45, 7) is 16.2. The summed E-state index contributed by atoms with van der Waals surface area (Å²) in [5, 5.41) is 0. The molecule has 2 heterocycles. The van der Waals surface area contributed by atoms with Crippen LogP contribution in [0.2, 0.25) is 0 Å². The highest BCUT2D eigenvalue weighted by Gasteiger charge is 2.36. The summed E-state index contributed by atoms with van der Waals surface area (Å²) in [6, 6.07) is 3.21. The first-order valence-electron chi connectivity index (χ1n) is 14.3. The van der Waals surface area contributed by atoms with Crippen LogP contribution in [0.15, 0.2) is 17.0 Å². The van der Waals surface area contributed by atoms with Crippen LogP contribution in [-0.2, 0) is 19.6 Å². The zero-order valence-electron chi connectivity index (χ0n) is 24.5. The molecule has 39 heavy (non-hydrogen) atoms. The largest absolute Gasteiger partial charge is 0.497 e. The minimum Gasteiger partial charge on any atom is -0.497 e. The monoisotopic (exact) mass is 584 g/mol. The smallest absolute Gasteiger partial charge is 0.248 e. The van der Waals surface area contributed by atoms with Crippen molar-refractivity contribution in [1.29, 1.82) is 0 Å². The first kappa shape index (κ1) is 32.1. The van der Waals surface area contributed by atoms with E-state index in [1.165, 1.54) is 12.8 Å². The van der Waals surface area contributed by atoms with Gasteiger partial charge in [-0.2, -0.15) is 16.1 Å². The molecule has 1 unspecified atom stereocenters. The fourth-order valence-electron chi connectivity index (χ4n) is 5.48. The van der Waals surface area contributed by atoms with E-state index in [1.807, 2.05) is 4.90 Å². The van der Waals surface area contributed by atoms with Crippen molar-refractivity contribution in [3.8, 4) is 5.75 Å². The standard InChI is InChI=1S/C28H48N4O5S2/c1-6-8-29(9-7-2)10-11-30-12-14-31(15-13-30)27(33)21-37-20-25-22-38-17-16-32(25)39(34,35)28-23(3)18-26(36-5)19-24(28)4/h18-19,25H,6-17,20-22H2,1-5H3. The molecule has 1 aromatic rings. The fraction of sp³-hybridized carbons (Fsp3) is 0.750. The summed E-state index contributed by atoms with van der Waals surface area (Å²) < 4.78 is 40.2. The Balaban J connectivity index is 1.49. The third kappa shape index (κ3) is 8.81. The Labute approximate surface area is 240 Å². The van der Waals surface area contributed by atoms with Crippen molar-refractivity contribution in [1.82, 2.24) is 19.0 Å². The van der Waals surface area contributed by atoms with Crippen molar-refractivity contribution < 1.29 is 22.7 Å². The second kappa shape index (κ2) is 15.6. The molecule has 0 bridgehead atoms.